The average molecular weight is 341 g/mol. The van der Waals surface area contributed by atoms with Gasteiger partial charge >= 0.3 is 0 Å². The molecule has 2 aromatic rings. The Morgan fingerprint density at radius 3 is 2.82 bits per heavy atom. The molecule has 22 heavy (non-hydrogen) atoms. The van der Waals surface area contributed by atoms with Gasteiger partial charge in [0, 0.05) is 30.8 Å². The Labute approximate surface area is 141 Å². The number of carbonyl (C=O) groups excluding carboxylic acids is 1. The second kappa shape index (κ2) is 9.50. The van der Waals surface area contributed by atoms with Crippen LogP contribution in [0.3, 0.4) is 0 Å². The molecule has 7 heteroatoms. The number of rotatable bonds is 7. The highest BCUT2D eigenvalue weighted by atomic mass is 35.5. The Hall–Kier alpha value is -1.50. The number of imidazole rings is 1. The summed E-state index contributed by atoms with van der Waals surface area (Å²) in [5, 5.41) is 6.91. The number of benzene rings is 1. The van der Waals surface area contributed by atoms with Crippen LogP contribution in [0.15, 0.2) is 46.7 Å². The predicted octanol–water partition coefficient (Wildman–Crippen LogP) is 2.93. The van der Waals surface area contributed by atoms with Crippen molar-refractivity contribution >= 4 is 35.8 Å². The predicted molar refractivity (Wildman–Crippen MR) is 92.8 cm³/mol. The third-order valence-corrected chi connectivity index (χ3v) is 4.12. The molecule has 0 saturated heterocycles. The van der Waals surface area contributed by atoms with Gasteiger partial charge in [0.25, 0.3) is 0 Å². The van der Waals surface area contributed by atoms with E-state index in [-0.39, 0.29) is 18.3 Å². The number of anilines is 1. The van der Waals surface area contributed by atoms with E-state index in [4.69, 9.17) is 0 Å². The van der Waals surface area contributed by atoms with Gasteiger partial charge in [0.05, 0.1) is 5.69 Å². The van der Waals surface area contributed by atoms with Crippen molar-refractivity contribution in [2.24, 2.45) is 7.05 Å². The lowest BCUT2D eigenvalue weighted by atomic mass is 10.2. The summed E-state index contributed by atoms with van der Waals surface area (Å²) in [5.41, 5.74) is 0.833. The van der Waals surface area contributed by atoms with E-state index >= 15 is 0 Å². The number of nitrogens with one attached hydrogen (secondary N) is 2. The van der Waals surface area contributed by atoms with Crippen LogP contribution in [0.25, 0.3) is 0 Å². The molecule has 120 valence electrons. The molecule has 1 aromatic carbocycles. The van der Waals surface area contributed by atoms with Crippen LogP contribution in [0.5, 0.6) is 0 Å². The fourth-order valence-electron chi connectivity index (χ4n) is 1.85. The average Bonchev–Trinajstić information content (AvgIpc) is 2.87. The molecule has 0 saturated carbocycles. The zero-order chi connectivity index (χ0) is 15.1. The van der Waals surface area contributed by atoms with Gasteiger partial charge in [0.1, 0.15) is 0 Å². The van der Waals surface area contributed by atoms with Gasteiger partial charge in [-0.15, -0.1) is 12.4 Å². The molecule has 1 heterocycles. The maximum atomic E-state index is 11.9. The minimum Gasteiger partial charge on any atom is -0.329 e. The summed E-state index contributed by atoms with van der Waals surface area (Å²) >= 11 is 1.54. The first-order valence-electron chi connectivity index (χ1n) is 6.89. The molecule has 2 N–H and O–H groups in total. The van der Waals surface area contributed by atoms with Gasteiger partial charge in [-0.05, 0) is 43.9 Å². The van der Waals surface area contributed by atoms with Crippen molar-refractivity contribution in [3.63, 3.8) is 0 Å². The van der Waals surface area contributed by atoms with Gasteiger partial charge in [-0.1, -0.05) is 12.1 Å². The van der Waals surface area contributed by atoms with Crippen LogP contribution in [0.1, 0.15) is 12.8 Å². The Bertz CT molecular complexity index is 603. The lowest BCUT2D eigenvalue weighted by Crippen LogP contribution is -2.15. The fourth-order valence-corrected chi connectivity index (χ4v) is 2.74. The van der Waals surface area contributed by atoms with Gasteiger partial charge in [-0.25, -0.2) is 4.98 Å². The van der Waals surface area contributed by atoms with Gasteiger partial charge in [-0.3, -0.25) is 4.79 Å². The van der Waals surface area contributed by atoms with E-state index in [1.807, 2.05) is 49.1 Å². The molecule has 0 aliphatic heterocycles. The van der Waals surface area contributed by atoms with E-state index in [0.717, 1.165) is 28.7 Å². The fraction of sp³-hybridized carbons (Fsp3) is 0.333. The van der Waals surface area contributed by atoms with Crippen LogP contribution in [0.2, 0.25) is 0 Å². The summed E-state index contributed by atoms with van der Waals surface area (Å²) in [5.74, 6) is 0.0399. The summed E-state index contributed by atoms with van der Waals surface area (Å²) in [6.45, 7) is 0.844. The van der Waals surface area contributed by atoms with E-state index in [9.17, 15) is 4.79 Å². The highest BCUT2D eigenvalue weighted by Crippen LogP contribution is 2.32. The largest absolute Gasteiger partial charge is 0.329 e. The molecule has 1 amide bonds. The summed E-state index contributed by atoms with van der Waals surface area (Å²) in [7, 11) is 3.84. The normalized spacial score (nSPS) is 10.1. The molecule has 0 aliphatic rings. The van der Waals surface area contributed by atoms with Crippen LogP contribution in [0, 0.1) is 0 Å². The third-order valence-electron chi connectivity index (χ3n) is 2.97. The highest BCUT2D eigenvalue weighted by molar-refractivity contribution is 7.99. The van der Waals surface area contributed by atoms with Gasteiger partial charge in [0.2, 0.25) is 5.91 Å². The second-order valence-corrected chi connectivity index (χ2v) is 5.68. The second-order valence-electron chi connectivity index (χ2n) is 4.67. The topological polar surface area (TPSA) is 59.0 Å². The number of halogens is 1. The first-order chi connectivity index (χ1) is 10.2. The third kappa shape index (κ3) is 5.36. The Morgan fingerprint density at radius 2 is 2.14 bits per heavy atom. The van der Waals surface area contributed by atoms with E-state index in [1.165, 1.54) is 0 Å². The summed E-state index contributed by atoms with van der Waals surface area (Å²) in [4.78, 5) is 17.2. The van der Waals surface area contributed by atoms with E-state index in [0.29, 0.717) is 6.42 Å². The van der Waals surface area contributed by atoms with Crippen molar-refractivity contribution in [3.05, 3.63) is 36.7 Å². The van der Waals surface area contributed by atoms with E-state index < -0.39 is 0 Å². The minimum absolute atomic E-state index is 0. The molecule has 1 aromatic heterocycles. The van der Waals surface area contributed by atoms with Crippen LogP contribution >= 0.6 is 24.2 Å². The number of aromatic nitrogens is 2. The standard InChI is InChI=1S/C15H20N4OS.ClH/c1-16-9-5-8-14(20)18-12-6-3-4-7-13(12)21-15-17-10-11-19(15)2;/h3-4,6-7,10-11,16H,5,8-9H2,1-2H3,(H,18,20);1H. The number of hydrogen-bond acceptors (Lipinski definition) is 4. The van der Waals surface area contributed by atoms with Crippen LogP contribution in [0.4, 0.5) is 5.69 Å². The summed E-state index contributed by atoms with van der Waals surface area (Å²) in [6.07, 6.45) is 5.02. The smallest absolute Gasteiger partial charge is 0.224 e. The van der Waals surface area contributed by atoms with Crippen molar-refractivity contribution < 1.29 is 4.79 Å². The molecule has 0 spiro atoms. The molecule has 2 rings (SSSR count). The lowest BCUT2D eigenvalue weighted by molar-refractivity contribution is -0.116. The molecule has 0 unspecified atom stereocenters. The number of aryl methyl sites for hydroxylation is 1. The Balaban J connectivity index is 0.00000242. The quantitative estimate of drug-likeness (QED) is 0.761. The van der Waals surface area contributed by atoms with Crippen LogP contribution < -0.4 is 10.6 Å². The number of hydrogen-bond donors (Lipinski definition) is 2. The first-order valence-corrected chi connectivity index (χ1v) is 7.71. The monoisotopic (exact) mass is 340 g/mol. The van der Waals surface area contributed by atoms with E-state index in [1.54, 1.807) is 18.0 Å². The molecule has 5 nitrogen and oxygen atoms in total. The number of carbonyl (C=O) groups is 1. The maximum absolute atomic E-state index is 11.9. The highest BCUT2D eigenvalue weighted by Gasteiger charge is 2.09. The molecular formula is C15H21ClN4OS. The molecule has 0 aliphatic carbocycles. The minimum atomic E-state index is 0. The van der Waals surface area contributed by atoms with Gasteiger partial charge in [0.15, 0.2) is 5.16 Å². The summed E-state index contributed by atoms with van der Waals surface area (Å²) in [6, 6.07) is 7.79. The summed E-state index contributed by atoms with van der Waals surface area (Å²) < 4.78 is 1.95. The molecule has 0 radical (unpaired) electrons. The number of amides is 1. The zero-order valence-electron chi connectivity index (χ0n) is 12.7. The van der Waals surface area contributed by atoms with Crippen LogP contribution in [-0.2, 0) is 11.8 Å². The maximum Gasteiger partial charge on any atom is 0.224 e. The SMILES string of the molecule is CNCCCC(=O)Nc1ccccc1Sc1nccn1C.Cl. The molecule has 0 atom stereocenters. The number of para-hydroxylation sites is 1. The van der Waals surface area contributed by atoms with Crippen LogP contribution in [-0.4, -0.2) is 29.1 Å². The van der Waals surface area contributed by atoms with E-state index in [2.05, 4.69) is 15.6 Å². The Kier molecular flexibility index (Phi) is 8.01. The Morgan fingerprint density at radius 1 is 1.36 bits per heavy atom. The molecule has 0 fully saturated rings. The van der Waals surface area contributed by atoms with Crippen molar-refractivity contribution in [2.75, 3.05) is 18.9 Å². The molecule has 0 bridgehead atoms. The van der Waals surface area contributed by atoms with Gasteiger partial charge in [-0.2, -0.15) is 0 Å². The van der Waals surface area contributed by atoms with Crippen molar-refractivity contribution in [1.82, 2.24) is 14.9 Å². The zero-order valence-corrected chi connectivity index (χ0v) is 14.3. The van der Waals surface area contributed by atoms with Crippen molar-refractivity contribution in [1.29, 1.82) is 0 Å². The van der Waals surface area contributed by atoms with Crippen molar-refractivity contribution in [3.8, 4) is 0 Å². The lowest BCUT2D eigenvalue weighted by Gasteiger charge is -2.10. The van der Waals surface area contributed by atoms with Gasteiger partial charge < -0.3 is 15.2 Å². The molecular weight excluding hydrogens is 320 g/mol. The number of nitrogens with zero attached hydrogens (tertiary/aromatic N) is 2. The first kappa shape index (κ1) is 18.5. The van der Waals surface area contributed by atoms with Crippen molar-refractivity contribution in [2.45, 2.75) is 22.9 Å².